The van der Waals surface area contributed by atoms with Gasteiger partial charge in [-0.1, -0.05) is 50.3 Å². The van der Waals surface area contributed by atoms with Gasteiger partial charge in [0.05, 0.1) is 0 Å². The van der Waals surface area contributed by atoms with Crippen LogP contribution in [0.25, 0.3) is 0 Å². The van der Waals surface area contributed by atoms with E-state index in [4.69, 9.17) is 0 Å². The molecule has 0 saturated heterocycles. The average Bonchev–Trinajstić information content (AvgIpc) is 2.09. The first-order chi connectivity index (χ1) is 6.18. The van der Waals surface area contributed by atoms with Gasteiger partial charge in [0, 0.05) is 0 Å². The van der Waals surface area contributed by atoms with Gasteiger partial charge >= 0.3 is 0 Å². The number of hydrogen-bond acceptors (Lipinski definition) is 0. The van der Waals surface area contributed by atoms with Crippen LogP contribution in [-0.4, -0.2) is 0 Å². The molecule has 0 heterocycles. The van der Waals surface area contributed by atoms with E-state index in [1.165, 1.54) is 0 Å². The first-order valence-electron chi connectivity index (χ1n) is 4.51. The van der Waals surface area contributed by atoms with Crippen molar-refractivity contribution in [3.63, 3.8) is 0 Å². The summed E-state index contributed by atoms with van der Waals surface area (Å²) in [5, 5.41) is 0. The minimum atomic E-state index is 1.09. The molecule has 0 amide bonds. The van der Waals surface area contributed by atoms with Gasteiger partial charge in [0.25, 0.3) is 0 Å². The average molecular weight is 178 g/mol. The topological polar surface area (TPSA) is 0 Å². The fourth-order valence-electron chi connectivity index (χ4n) is 0.331. The largest absolute Gasteiger partial charge is 0.120 e. The zero-order valence-corrected chi connectivity index (χ0v) is 9.59. The summed E-state index contributed by atoms with van der Waals surface area (Å²) in [7, 11) is 0. The molecular weight excluding hydrogens is 156 g/mol. The van der Waals surface area contributed by atoms with Gasteiger partial charge in [0.2, 0.25) is 0 Å². The minimum absolute atomic E-state index is 1.09. The Balaban J connectivity index is -0.000000169. The summed E-state index contributed by atoms with van der Waals surface area (Å²) < 4.78 is 0. The Morgan fingerprint density at radius 1 is 1.31 bits per heavy atom. The molecule has 0 aliphatic rings. The van der Waals surface area contributed by atoms with Crippen molar-refractivity contribution in [1.29, 1.82) is 0 Å². The van der Waals surface area contributed by atoms with Crippen LogP contribution >= 0.6 is 0 Å². The highest BCUT2D eigenvalue weighted by molar-refractivity contribution is 5.16. The van der Waals surface area contributed by atoms with E-state index in [-0.39, 0.29) is 0 Å². The van der Waals surface area contributed by atoms with Gasteiger partial charge in [0.1, 0.15) is 0 Å². The van der Waals surface area contributed by atoms with E-state index < -0.39 is 0 Å². The van der Waals surface area contributed by atoms with Crippen LogP contribution in [0.3, 0.4) is 0 Å². The van der Waals surface area contributed by atoms with Gasteiger partial charge in [-0.15, -0.1) is 12.3 Å². The van der Waals surface area contributed by atoms with E-state index in [0.717, 1.165) is 5.57 Å². The van der Waals surface area contributed by atoms with E-state index in [2.05, 4.69) is 18.9 Å². The van der Waals surface area contributed by atoms with Crippen LogP contribution in [0.2, 0.25) is 0 Å². The van der Waals surface area contributed by atoms with E-state index in [1.54, 1.807) is 6.92 Å². The Morgan fingerprint density at radius 2 is 1.69 bits per heavy atom. The van der Waals surface area contributed by atoms with E-state index >= 15 is 0 Å². The molecule has 0 rings (SSSR count). The zero-order chi connectivity index (χ0) is 11.1. The van der Waals surface area contributed by atoms with Gasteiger partial charge in [-0.25, -0.2) is 0 Å². The molecule has 74 valence electrons. The number of allylic oxidation sites excluding steroid dienone is 5. The maximum atomic E-state index is 4.60. The first kappa shape index (κ1) is 17.8. The molecule has 13 heavy (non-hydrogen) atoms. The van der Waals surface area contributed by atoms with Crippen molar-refractivity contribution in [1.82, 2.24) is 0 Å². The molecule has 0 nitrogen and oxygen atoms in total. The van der Waals surface area contributed by atoms with Gasteiger partial charge in [0.15, 0.2) is 0 Å². The summed E-state index contributed by atoms with van der Waals surface area (Å²) in [6, 6.07) is 0. The monoisotopic (exact) mass is 178 g/mol. The van der Waals surface area contributed by atoms with Crippen molar-refractivity contribution in [3.8, 4) is 12.3 Å². The van der Waals surface area contributed by atoms with Crippen LogP contribution in [0.15, 0.2) is 36.5 Å². The first-order valence-corrected chi connectivity index (χ1v) is 4.51. The van der Waals surface area contributed by atoms with Gasteiger partial charge in [-0.05, 0) is 20.8 Å². The van der Waals surface area contributed by atoms with Crippen molar-refractivity contribution in [2.24, 2.45) is 0 Å². The summed E-state index contributed by atoms with van der Waals surface area (Å²) in [6.07, 6.45) is 12.5. The second kappa shape index (κ2) is 22.4. The lowest BCUT2D eigenvalue weighted by Gasteiger charge is -1.78. The Hall–Kier alpha value is -1.22. The maximum Gasteiger partial charge on any atom is -0.00297 e. The van der Waals surface area contributed by atoms with Crippen molar-refractivity contribution in [2.75, 3.05) is 0 Å². The molecule has 0 heteroatoms. The summed E-state index contributed by atoms with van der Waals surface area (Å²) in [4.78, 5) is 0. The third-order valence-corrected chi connectivity index (χ3v) is 0.684. The van der Waals surface area contributed by atoms with Crippen LogP contribution in [0.4, 0.5) is 0 Å². The van der Waals surface area contributed by atoms with E-state index in [0.29, 0.717) is 0 Å². The van der Waals surface area contributed by atoms with Crippen molar-refractivity contribution >= 4 is 0 Å². The molecule has 0 fully saturated rings. The molecular formula is C13H22. The highest BCUT2D eigenvalue weighted by Crippen LogP contribution is 1.88. The van der Waals surface area contributed by atoms with Gasteiger partial charge in [-0.3, -0.25) is 0 Å². The summed E-state index contributed by atoms with van der Waals surface area (Å²) in [6.45, 7) is 13.3. The lowest BCUT2D eigenvalue weighted by Crippen LogP contribution is -1.56. The van der Waals surface area contributed by atoms with Crippen LogP contribution in [0.1, 0.15) is 34.6 Å². The van der Waals surface area contributed by atoms with Crippen LogP contribution in [0, 0.1) is 12.3 Å². The zero-order valence-electron chi connectivity index (χ0n) is 9.59. The molecule has 0 N–H and O–H groups in total. The van der Waals surface area contributed by atoms with Crippen LogP contribution < -0.4 is 0 Å². The minimum Gasteiger partial charge on any atom is -0.120 e. The molecule has 0 saturated carbocycles. The lowest BCUT2D eigenvalue weighted by molar-refractivity contribution is 1.50. The molecule has 0 aromatic carbocycles. The number of rotatable bonds is 2. The second-order valence-electron chi connectivity index (χ2n) is 2.02. The molecule has 0 atom stereocenters. The maximum absolute atomic E-state index is 4.60. The fourth-order valence-corrected chi connectivity index (χ4v) is 0.331. The molecule has 0 aliphatic heterocycles. The standard InChI is InChI=1S/C8H12.C3H4.C2H6/c1-4-5-6-7-8(2)3;1-3-2;1-2/h4-7H,2H2,1,3H3;1H,2H3;1-2H3/b5-4-,7-6-;;. The molecule has 0 radical (unpaired) electrons. The Morgan fingerprint density at radius 3 is 1.92 bits per heavy atom. The van der Waals surface area contributed by atoms with Gasteiger partial charge in [-0.2, -0.15) is 0 Å². The van der Waals surface area contributed by atoms with Crippen molar-refractivity contribution in [3.05, 3.63) is 36.5 Å². The number of hydrogen-bond donors (Lipinski definition) is 0. The SMILES string of the molecule is C#CC.C=C(C)/C=C\C=C/C.CC. The van der Waals surface area contributed by atoms with Crippen LogP contribution in [-0.2, 0) is 0 Å². The van der Waals surface area contributed by atoms with Crippen LogP contribution in [0.5, 0.6) is 0 Å². The second-order valence-corrected chi connectivity index (χ2v) is 2.02. The predicted octanol–water partition coefficient (Wildman–Crippen LogP) is 4.36. The molecule has 0 spiro atoms. The normalized spacial score (nSPS) is 8.00. The number of terminal acetylenes is 1. The summed E-state index contributed by atoms with van der Waals surface area (Å²) >= 11 is 0. The Labute approximate surface area is 84.1 Å². The van der Waals surface area contributed by atoms with E-state index in [9.17, 15) is 0 Å². The third-order valence-electron chi connectivity index (χ3n) is 0.684. The lowest BCUT2D eigenvalue weighted by atomic mass is 10.3. The van der Waals surface area contributed by atoms with Crippen molar-refractivity contribution in [2.45, 2.75) is 34.6 Å². The summed E-state index contributed by atoms with van der Waals surface area (Å²) in [5.41, 5.74) is 1.09. The molecule has 0 aromatic rings. The quantitative estimate of drug-likeness (QED) is 0.435. The van der Waals surface area contributed by atoms with Crippen molar-refractivity contribution < 1.29 is 0 Å². The molecule has 0 bridgehead atoms. The molecule has 0 unspecified atom stereocenters. The van der Waals surface area contributed by atoms with Gasteiger partial charge < -0.3 is 0 Å². The highest BCUT2D eigenvalue weighted by atomic mass is 13.7. The predicted molar refractivity (Wildman–Crippen MR) is 64.6 cm³/mol. The Bertz CT molecular complexity index is 175. The Kier molecular flexibility index (Phi) is 30.6. The fraction of sp³-hybridized carbons (Fsp3) is 0.385. The highest BCUT2D eigenvalue weighted by Gasteiger charge is 1.66. The third kappa shape index (κ3) is 58.2. The smallest absolute Gasteiger partial charge is 0.00297 e. The van der Waals surface area contributed by atoms with E-state index in [1.807, 2.05) is 52.0 Å². The molecule has 0 aromatic heterocycles. The molecule has 0 aliphatic carbocycles. The summed E-state index contributed by atoms with van der Waals surface area (Å²) in [5.74, 6) is 2.25.